The molecule has 9 heteroatoms. The van der Waals surface area contributed by atoms with Gasteiger partial charge in [0, 0.05) is 19.0 Å². The number of nitrogens with zero attached hydrogens (tertiary/aromatic N) is 1. The number of amides is 3. The molecular weight excluding hydrogens is 527 g/mol. The van der Waals surface area contributed by atoms with Gasteiger partial charge in [-0.2, -0.15) is 0 Å². The summed E-state index contributed by atoms with van der Waals surface area (Å²) in [7, 11) is 3.02. The fraction of sp³-hybridized carbons (Fsp3) is 0.276. The molecule has 3 aromatic carbocycles. The molecule has 3 aromatic rings. The molecule has 194 valence electrons. The zero-order chi connectivity index (χ0) is 26.8. The molecule has 3 amide bonds. The summed E-state index contributed by atoms with van der Waals surface area (Å²) in [6, 6.07) is 20.0. The van der Waals surface area contributed by atoms with Gasteiger partial charge in [0.05, 0.1) is 31.7 Å². The van der Waals surface area contributed by atoms with Crippen LogP contribution in [0.1, 0.15) is 28.7 Å². The Kier molecular flexibility index (Phi) is 5.70. The normalized spacial score (nSPS) is 26.5. The average molecular weight is 551 g/mol. The molecule has 0 radical (unpaired) electrons. The van der Waals surface area contributed by atoms with E-state index in [4.69, 9.17) is 32.7 Å². The molecular formula is C29H24Cl2N2O5. The van der Waals surface area contributed by atoms with E-state index < -0.39 is 33.4 Å². The van der Waals surface area contributed by atoms with E-state index in [0.717, 1.165) is 27.2 Å². The van der Waals surface area contributed by atoms with E-state index in [1.165, 1.54) is 14.2 Å². The van der Waals surface area contributed by atoms with Gasteiger partial charge in [0.1, 0.15) is 21.2 Å². The van der Waals surface area contributed by atoms with Crippen LogP contribution in [0.2, 0.25) is 0 Å². The predicted molar refractivity (Wildman–Crippen MR) is 143 cm³/mol. The quantitative estimate of drug-likeness (QED) is 0.357. The number of imide groups is 1. The molecule has 2 bridgehead atoms. The summed E-state index contributed by atoms with van der Waals surface area (Å²) in [6.45, 7) is -0.102. The van der Waals surface area contributed by atoms with Crippen LogP contribution in [0.15, 0.2) is 66.7 Å². The average Bonchev–Trinajstić information content (AvgIpc) is 3.20. The van der Waals surface area contributed by atoms with Crippen LogP contribution >= 0.6 is 23.2 Å². The maximum atomic E-state index is 13.9. The van der Waals surface area contributed by atoms with Gasteiger partial charge in [-0.1, -0.05) is 48.5 Å². The van der Waals surface area contributed by atoms with E-state index in [2.05, 4.69) is 5.32 Å². The second-order valence-electron chi connectivity index (χ2n) is 9.66. The Hall–Kier alpha value is -3.55. The number of carbonyl (C=O) groups excluding carboxylic acids is 3. The first-order chi connectivity index (χ1) is 18.3. The zero-order valence-electron chi connectivity index (χ0n) is 20.7. The van der Waals surface area contributed by atoms with E-state index in [9.17, 15) is 14.4 Å². The second kappa shape index (κ2) is 8.75. The summed E-state index contributed by atoms with van der Waals surface area (Å²) < 4.78 is 10.5. The highest BCUT2D eigenvalue weighted by molar-refractivity contribution is 6.36. The minimum absolute atomic E-state index is 0.102. The largest absolute Gasteiger partial charge is 0.497 e. The van der Waals surface area contributed by atoms with Crippen molar-refractivity contribution in [3.8, 4) is 11.5 Å². The van der Waals surface area contributed by atoms with Crippen LogP contribution in [-0.2, 0) is 24.1 Å². The van der Waals surface area contributed by atoms with E-state index in [-0.39, 0.29) is 18.9 Å². The van der Waals surface area contributed by atoms with Crippen LogP contribution in [-0.4, -0.2) is 43.4 Å². The van der Waals surface area contributed by atoms with Gasteiger partial charge in [-0.25, -0.2) is 0 Å². The third-order valence-corrected chi connectivity index (χ3v) is 9.20. The Morgan fingerprint density at radius 1 is 0.842 bits per heavy atom. The monoisotopic (exact) mass is 550 g/mol. The number of likely N-dealkylation sites (tertiary alicyclic amines) is 1. The first kappa shape index (κ1) is 24.8. The summed E-state index contributed by atoms with van der Waals surface area (Å²) in [5.74, 6) is -2.00. The smallest absolute Gasteiger partial charge is 0.235 e. The molecule has 38 heavy (non-hydrogen) atoms. The number of alkyl halides is 2. The molecule has 1 N–H and O–H groups in total. The first-order valence-electron chi connectivity index (χ1n) is 12.2. The van der Waals surface area contributed by atoms with Crippen molar-refractivity contribution in [2.24, 2.45) is 11.8 Å². The van der Waals surface area contributed by atoms with Crippen LogP contribution in [0.3, 0.4) is 0 Å². The lowest BCUT2D eigenvalue weighted by Gasteiger charge is -2.54. The van der Waals surface area contributed by atoms with Crippen LogP contribution in [0.5, 0.6) is 11.5 Å². The highest BCUT2D eigenvalue weighted by atomic mass is 35.5. The summed E-state index contributed by atoms with van der Waals surface area (Å²) in [6.07, 6.45) is -0.109. The molecule has 7 rings (SSSR count). The van der Waals surface area contributed by atoms with Gasteiger partial charge in [-0.3, -0.25) is 19.3 Å². The Balaban J connectivity index is 1.31. The minimum atomic E-state index is -1.24. The summed E-state index contributed by atoms with van der Waals surface area (Å²) >= 11 is 14.8. The number of halogens is 2. The Morgan fingerprint density at radius 3 is 1.79 bits per heavy atom. The van der Waals surface area contributed by atoms with Crippen LogP contribution in [0.25, 0.3) is 0 Å². The molecule has 1 fully saturated rings. The van der Waals surface area contributed by atoms with Crippen molar-refractivity contribution in [2.75, 3.05) is 26.1 Å². The number of benzene rings is 3. The van der Waals surface area contributed by atoms with Gasteiger partial charge in [-0.15, -0.1) is 23.2 Å². The SMILES string of the molecule is COc1ccc(OC)c(NC(=O)CCN2C(=O)[C@@H]3[C@H](C2=O)C2(Cl)c4ccccc4C3(Cl)c3ccccc32)c1. The van der Waals surface area contributed by atoms with Crippen molar-refractivity contribution in [2.45, 2.75) is 16.2 Å². The van der Waals surface area contributed by atoms with Crippen molar-refractivity contribution < 1.29 is 23.9 Å². The number of rotatable bonds is 6. The third-order valence-electron chi connectivity index (χ3n) is 7.92. The van der Waals surface area contributed by atoms with Crippen molar-refractivity contribution in [3.05, 3.63) is 89.0 Å². The standard InChI is InChI=1S/C29H24Cl2N2O5/c1-37-16-11-12-22(38-2)21(15-16)32-23(34)13-14-33-26(35)24-25(27(33)36)29(31)18-8-4-3-7-17(18)28(24,30)19-9-5-6-10-20(19)29/h3-12,15,24-25H,13-14H2,1-2H3,(H,32,34)/t24-,25+,28?,29?. The maximum absolute atomic E-state index is 13.9. The molecule has 4 aliphatic rings. The van der Waals surface area contributed by atoms with E-state index in [0.29, 0.717) is 17.2 Å². The number of methoxy groups -OCH3 is 2. The summed E-state index contributed by atoms with van der Waals surface area (Å²) in [4.78, 5) is 39.2. The summed E-state index contributed by atoms with van der Waals surface area (Å²) in [5.41, 5.74) is 3.38. The molecule has 0 unspecified atom stereocenters. The Bertz CT molecular complexity index is 1380. The van der Waals surface area contributed by atoms with Gasteiger partial charge in [-0.05, 0) is 34.4 Å². The van der Waals surface area contributed by atoms with Gasteiger partial charge in [0.25, 0.3) is 0 Å². The topological polar surface area (TPSA) is 84.9 Å². The number of carbonyl (C=O) groups is 3. The summed E-state index contributed by atoms with van der Waals surface area (Å²) in [5, 5.41) is 2.78. The number of anilines is 1. The molecule has 1 aliphatic heterocycles. The zero-order valence-corrected chi connectivity index (χ0v) is 22.2. The number of hydrogen-bond acceptors (Lipinski definition) is 5. The molecule has 0 saturated carbocycles. The number of ether oxygens (including phenoxy) is 2. The lowest BCUT2D eigenvalue weighted by atomic mass is 9.54. The van der Waals surface area contributed by atoms with Gasteiger partial charge >= 0.3 is 0 Å². The lowest BCUT2D eigenvalue weighted by molar-refractivity contribution is -0.140. The van der Waals surface area contributed by atoms with E-state index in [1.807, 2.05) is 48.5 Å². The van der Waals surface area contributed by atoms with Crippen LogP contribution < -0.4 is 14.8 Å². The maximum Gasteiger partial charge on any atom is 0.235 e. The molecule has 0 aromatic heterocycles. The fourth-order valence-electron chi connectivity index (χ4n) is 6.28. The molecule has 1 heterocycles. The molecule has 0 spiro atoms. The molecule has 7 nitrogen and oxygen atoms in total. The third kappa shape index (κ3) is 3.18. The number of nitrogens with one attached hydrogen (secondary N) is 1. The lowest BCUT2D eigenvalue weighted by Crippen LogP contribution is -2.57. The van der Waals surface area contributed by atoms with Crippen LogP contribution in [0.4, 0.5) is 5.69 Å². The highest BCUT2D eigenvalue weighted by Crippen LogP contribution is 2.69. The molecule has 1 saturated heterocycles. The molecule has 3 aliphatic carbocycles. The highest BCUT2D eigenvalue weighted by Gasteiger charge is 2.72. The first-order valence-corrected chi connectivity index (χ1v) is 13.0. The van der Waals surface area contributed by atoms with E-state index >= 15 is 0 Å². The van der Waals surface area contributed by atoms with E-state index in [1.54, 1.807) is 18.2 Å². The molecule has 2 atom stereocenters. The van der Waals surface area contributed by atoms with Gasteiger partial charge in [0.2, 0.25) is 17.7 Å². The van der Waals surface area contributed by atoms with Crippen LogP contribution in [0, 0.1) is 11.8 Å². The van der Waals surface area contributed by atoms with Gasteiger partial charge in [0.15, 0.2) is 0 Å². The fourth-order valence-corrected chi connectivity index (χ4v) is 7.38. The Labute approximate surface area is 229 Å². The predicted octanol–water partition coefficient (Wildman–Crippen LogP) is 4.63. The number of hydrogen-bond donors (Lipinski definition) is 1. The van der Waals surface area contributed by atoms with Crippen molar-refractivity contribution >= 4 is 46.6 Å². The second-order valence-corrected chi connectivity index (χ2v) is 10.9. The van der Waals surface area contributed by atoms with Crippen molar-refractivity contribution in [3.63, 3.8) is 0 Å². The Morgan fingerprint density at radius 2 is 1.34 bits per heavy atom. The minimum Gasteiger partial charge on any atom is -0.497 e. The van der Waals surface area contributed by atoms with Crippen molar-refractivity contribution in [1.82, 2.24) is 4.90 Å². The van der Waals surface area contributed by atoms with Gasteiger partial charge < -0.3 is 14.8 Å². The van der Waals surface area contributed by atoms with Crippen molar-refractivity contribution in [1.29, 1.82) is 0 Å².